The Bertz CT molecular complexity index is 1220. The van der Waals surface area contributed by atoms with Gasteiger partial charge >= 0.3 is 6.16 Å². The Balaban J connectivity index is 1.31. The van der Waals surface area contributed by atoms with Crippen molar-refractivity contribution < 1.29 is 23.8 Å². The third-order valence-electron chi connectivity index (χ3n) is 5.76. The second-order valence-corrected chi connectivity index (χ2v) is 8.09. The molecule has 1 heterocycles. The molecule has 0 spiro atoms. The van der Waals surface area contributed by atoms with E-state index in [9.17, 15) is 9.59 Å². The van der Waals surface area contributed by atoms with Gasteiger partial charge in [-0.15, -0.1) is 0 Å². The van der Waals surface area contributed by atoms with Crippen molar-refractivity contribution in [2.75, 3.05) is 20.8 Å². The SMILES string of the molecule is COC(=O)Oc1ccc(/C=N/NC(=O)c2ccc(CN3CCc4ccccc4C3)cc2)cc1OC. The summed E-state index contributed by atoms with van der Waals surface area (Å²) in [6, 6.07) is 21.0. The fourth-order valence-electron chi connectivity index (χ4n) is 3.92. The van der Waals surface area contributed by atoms with E-state index in [2.05, 4.69) is 44.4 Å². The number of fused-ring (bicyclic) bond motifs is 1. The number of carbonyl (C=O) groups is 2. The van der Waals surface area contributed by atoms with Gasteiger partial charge in [0.15, 0.2) is 11.5 Å². The first kappa shape index (κ1) is 24.0. The van der Waals surface area contributed by atoms with Crippen molar-refractivity contribution in [2.45, 2.75) is 19.5 Å². The van der Waals surface area contributed by atoms with Gasteiger partial charge < -0.3 is 14.2 Å². The number of ether oxygens (including phenoxy) is 3. The molecule has 0 aromatic heterocycles. The molecule has 0 saturated heterocycles. The van der Waals surface area contributed by atoms with Crippen LogP contribution < -0.4 is 14.9 Å². The Labute approximate surface area is 204 Å². The molecule has 0 bridgehead atoms. The summed E-state index contributed by atoms with van der Waals surface area (Å²) in [6.45, 7) is 2.80. The van der Waals surface area contributed by atoms with Gasteiger partial charge in [0.1, 0.15) is 0 Å². The van der Waals surface area contributed by atoms with Gasteiger partial charge in [0.2, 0.25) is 0 Å². The molecule has 180 valence electrons. The molecule has 1 N–H and O–H groups in total. The lowest BCUT2D eigenvalue weighted by Gasteiger charge is -2.28. The van der Waals surface area contributed by atoms with E-state index >= 15 is 0 Å². The average molecular weight is 474 g/mol. The summed E-state index contributed by atoms with van der Waals surface area (Å²) in [5.74, 6) is 0.241. The first-order valence-corrected chi connectivity index (χ1v) is 11.2. The fraction of sp³-hybridized carbons (Fsp3) is 0.222. The summed E-state index contributed by atoms with van der Waals surface area (Å²) in [6.07, 6.45) is 1.69. The Kier molecular flexibility index (Phi) is 7.74. The summed E-state index contributed by atoms with van der Waals surface area (Å²) >= 11 is 0. The maximum absolute atomic E-state index is 12.5. The third-order valence-corrected chi connectivity index (χ3v) is 5.76. The highest BCUT2D eigenvalue weighted by atomic mass is 16.7. The molecule has 8 nitrogen and oxygen atoms in total. The molecule has 4 rings (SSSR count). The minimum absolute atomic E-state index is 0.217. The first-order chi connectivity index (χ1) is 17.1. The predicted molar refractivity (Wildman–Crippen MR) is 132 cm³/mol. The normalized spacial score (nSPS) is 13.2. The zero-order valence-electron chi connectivity index (χ0n) is 19.7. The van der Waals surface area contributed by atoms with Gasteiger partial charge in [-0.3, -0.25) is 9.69 Å². The zero-order chi connectivity index (χ0) is 24.6. The monoisotopic (exact) mass is 473 g/mol. The molecule has 3 aromatic rings. The summed E-state index contributed by atoms with van der Waals surface area (Å²) < 4.78 is 14.7. The van der Waals surface area contributed by atoms with Gasteiger partial charge in [0, 0.05) is 25.2 Å². The van der Waals surface area contributed by atoms with E-state index in [1.165, 1.54) is 31.6 Å². The average Bonchev–Trinajstić information content (AvgIpc) is 2.89. The number of nitrogens with one attached hydrogen (secondary N) is 1. The van der Waals surface area contributed by atoms with Gasteiger partial charge in [0.05, 0.1) is 20.4 Å². The summed E-state index contributed by atoms with van der Waals surface area (Å²) in [4.78, 5) is 26.2. The number of benzene rings is 3. The van der Waals surface area contributed by atoms with E-state index < -0.39 is 6.16 Å². The third kappa shape index (κ3) is 6.24. The van der Waals surface area contributed by atoms with Crippen molar-refractivity contribution in [1.82, 2.24) is 10.3 Å². The second-order valence-electron chi connectivity index (χ2n) is 8.09. The van der Waals surface area contributed by atoms with Crippen molar-refractivity contribution >= 4 is 18.3 Å². The number of hydrogen-bond acceptors (Lipinski definition) is 7. The lowest BCUT2D eigenvalue weighted by Crippen LogP contribution is -2.30. The number of hydrogen-bond donors (Lipinski definition) is 1. The molecule has 3 aromatic carbocycles. The Morgan fingerprint density at radius 1 is 1.00 bits per heavy atom. The highest BCUT2D eigenvalue weighted by molar-refractivity contribution is 5.95. The minimum Gasteiger partial charge on any atom is -0.493 e. The van der Waals surface area contributed by atoms with E-state index in [4.69, 9.17) is 9.47 Å². The van der Waals surface area contributed by atoms with Crippen molar-refractivity contribution in [3.8, 4) is 11.5 Å². The van der Waals surface area contributed by atoms with E-state index in [-0.39, 0.29) is 11.7 Å². The smallest absolute Gasteiger partial charge is 0.493 e. The van der Waals surface area contributed by atoms with E-state index in [0.29, 0.717) is 16.9 Å². The lowest BCUT2D eigenvalue weighted by molar-refractivity contribution is 0.0954. The van der Waals surface area contributed by atoms with E-state index in [1.807, 2.05) is 12.1 Å². The highest BCUT2D eigenvalue weighted by Crippen LogP contribution is 2.28. The number of rotatable bonds is 7. The molecule has 8 heteroatoms. The van der Waals surface area contributed by atoms with Gasteiger partial charge in [-0.2, -0.15) is 5.10 Å². The fourth-order valence-corrected chi connectivity index (χ4v) is 3.92. The second kappa shape index (κ2) is 11.3. The zero-order valence-corrected chi connectivity index (χ0v) is 19.7. The van der Waals surface area contributed by atoms with Crippen LogP contribution >= 0.6 is 0 Å². The highest BCUT2D eigenvalue weighted by Gasteiger charge is 2.16. The molecule has 0 fully saturated rings. The number of carbonyl (C=O) groups excluding carboxylic acids is 2. The van der Waals surface area contributed by atoms with Crippen LogP contribution in [-0.2, 0) is 24.2 Å². The van der Waals surface area contributed by atoms with Crippen LogP contribution in [0.3, 0.4) is 0 Å². The van der Waals surface area contributed by atoms with Crippen molar-refractivity contribution in [3.63, 3.8) is 0 Å². The molecule has 35 heavy (non-hydrogen) atoms. The molecule has 1 aliphatic rings. The molecule has 0 atom stereocenters. The molecular formula is C27H27N3O5. The number of methoxy groups -OCH3 is 2. The topological polar surface area (TPSA) is 89.5 Å². The Hall–Kier alpha value is -4.17. The molecule has 1 amide bonds. The lowest BCUT2D eigenvalue weighted by atomic mass is 9.99. The maximum atomic E-state index is 12.5. The van der Waals surface area contributed by atoms with Crippen LogP contribution in [0.15, 0.2) is 71.8 Å². The summed E-state index contributed by atoms with van der Waals surface area (Å²) in [5, 5.41) is 4.02. The van der Waals surface area contributed by atoms with Gasteiger partial charge in [-0.05, 0) is 59.0 Å². The standard InChI is InChI=1S/C27H27N3O5/c1-33-25-15-20(9-12-24(25)35-27(32)34-2)16-28-29-26(31)22-10-7-19(8-11-22)17-30-14-13-21-5-3-4-6-23(21)18-30/h3-12,15-16H,13-14,17-18H2,1-2H3,(H,29,31)/b28-16+. The minimum atomic E-state index is -0.843. The van der Waals surface area contributed by atoms with Crippen LogP contribution in [0.5, 0.6) is 11.5 Å². The molecule has 0 unspecified atom stereocenters. The van der Waals surface area contributed by atoms with Crippen LogP contribution in [-0.4, -0.2) is 43.9 Å². The molecule has 1 aliphatic heterocycles. The Morgan fingerprint density at radius 3 is 2.51 bits per heavy atom. The largest absolute Gasteiger partial charge is 0.513 e. The van der Waals surface area contributed by atoms with Crippen LogP contribution in [0.25, 0.3) is 0 Å². The number of hydrazone groups is 1. The quantitative estimate of drug-likeness (QED) is 0.240. The maximum Gasteiger partial charge on any atom is 0.513 e. The van der Waals surface area contributed by atoms with E-state index in [0.717, 1.165) is 31.6 Å². The number of amides is 1. The van der Waals surface area contributed by atoms with Crippen LogP contribution in [0.1, 0.15) is 32.6 Å². The van der Waals surface area contributed by atoms with Gasteiger partial charge in [0.25, 0.3) is 5.91 Å². The van der Waals surface area contributed by atoms with Crippen molar-refractivity contribution in [3.05, 3.63) is 94.5 Å². The summed E-state index contributed by atoms with van der Waals surface area (Å²) in [7, 11) is 2.68. The Morgan fingerprint density at radius 2 is 1.77 bits per heavy atom. The van der Waals surface area contributed by atoms with Crippen molar-refractivity contribution in [1.29, 1.82) is 0 Å². The molecule has 0 radical (unpaired) electrons. The molecule has 0 aliphatic carbocycles. The molecule has 0 saturated carbocycles. The number of nitrogens with zero attached hydrogens (tertiary/aromatic N) is 2. The predicted octanol–water partition coefficient (Wildman–Crippen LogP) is 4.16. The van der Waals surface area contributed by atoms with Crippen LogP contribution in [0.4, 0.5) is 4.79 Å². The van der Waals surface area contributed by atoms with Crippen molar-refractivity contribution in [2.24, 2.45) is 5.10 Å². The first-order valence-electron chi connectivity index (χ1n) is 11.2. The van der Waals surface area contributed by atoms with Crippen LogP contribution in [0.2, 0.25) is 0 Å². The van der Waals surface area contributed by atoms with Gasteiger partial charge in [-0.25, -0.2) is 10.2 Å². The van der Waals surface area contributed by atoms with Gasteiger partial charge in [-0.1, -0.05) is 36.4 Å². The molecular weight excluding hydrogens is 446 g/mol. The van der Waals surface area contributed by atoms with Crippen LogP contribution in [0, 0.1) is 0 Å². The van der Waals surface area contributed by atoms with E-state index in [1.54, 1.807) is 30.3 Å². The summed E-state index contributed by atoms with van der Waals surface area (Å²) in [5.41, 5.74) is 7.67.